The summed E-state index contributed by atoms with van der Waals surface area (Å²) in [5.74, 6) is -1.29. The standard InChI is InChI=1S/C15H20F3N3O3S/c1-8(7-25(3,23)24)19-14(22)10-4-5-12-11(6-10)13(15(16,17)18)21-9(2)20-12/h8,10H,4-7H2,1-3H3,(H,19,22)/t8-,10-/m1/s1. The summed E-state index contributed by atoms with van der Waals surface area (Å²) >= 11 is 0. The molecule has 0 bridgehead atoms. The first kappa shape index (κ1) is 19.6. The molecule has 0 saturated heterocycles. The largest absolute Gasteiger partial charge is 0.433 e. The molecule has 140 valence electrons. The van der Waals surface area contributed by atoms with Gasteiger partial charge in [0, 0.05) is 29.5 Å². The first-order valence-corrected chi connectivity index (χ1v) is 9.84. The number of hydrogen-bond acceptors (Lipinski definition) is 5. The van der Waals surface area contributed by atoms with Gasteiger partial charge in [-0.15, -0.1) is 0 Å². The van der Waals surface area contributed by atoms with Crippen molar-refractivity contribution in [2.75, 3.05) is 12.0 Å². The number of rotatable bonds is 4. The monoisotopic (exact) mass is 379 g/mol. The molecule has 0 saturated carbocycles. The Kier molecular flexibility index (Phi) is 5.41. The molecule has 0 aromatic carbocycles. The number of halogens is 3. The summed E-state index contributed by atoms with van der Waals surface area (Å²) in [6, 6.07) is -0.611. The Morgan fingerprint density at radius 3 is 2.56 bits per heavy atom. The smallest absolute Gasteiger partial charge is 0.352 e. The number of alkyl halides is 3. The number of nitrogens with one attached hydrogen (secondary N) is 1. The fourth-order valence-electron chi connectivity index (χ4n) is 3.05. The Hall–Kier alpha value is -1.71. The van der Waals surface area contributed by atoms with E-state index in [2.05, 4.69) is 15.3 Å². The van der Waals surface area contributed by atoms with Gasteiger partial charge in [-0.3, -0.25) is 4.79 Å². The zero-order valence-electron chi connectivity index (χ0n) is 14.1. The van der Waals surface area contributed by atoms with Crippen LogP contribution in [-0.4, -0.2) is 42.3 Å². The van der Waals surface area contributed by atoms with E-state index in [1.165, 1.54) is 6.92 Å². The Morgan fingerprint density at radius 1 is 1.36 bits per heavy atom. The van der Waals surface area contributed by atoms with E-state index in [9.17, 15) is 26.4 Å². The van der Waals surface area contributed by atoms with Gasteiger partial charge in [0.15, 0.2) is 5.69 Å². The summed E-state index contributed by atoms with van der Waals surface area (Å²) < 4.78 is 62.2. The summed E-state index contributed by atoms with van der Waals surface area (Å²) in [7, 11) is -3.26. The zero-order valence-corrected chi connectivity index (χ0v) is 15.0. The third kappa shape index (κ3) is 5.13. The van der Waals surface area contributed by atoms with Crippen molar-refractivity contribution in [3.63, 3.8) is 0 Å². The van der Waals surface area contributed by atoms with Gasteiger partial charge in [-0.05, 0) is 33.1 Å². The summed E-state index contributed by atoms with van der Waals surface area (Å²) in [6.45, 7) is 2.95. The number of carbonyl (C=O) groups excluding carboxylic acids is 1. The van der Waals surface area contributed by atoms with Crippen molar-refractivity contribution in [3.8, 4) is 0 Å². The molecule has 1 aliphatic rings. The van der Waals surface area contributed by atoms with Crippen LogP contribution < -0.4 is 5.32 Å². The van der Waals surface area contributed by atoms with Crippen LogP contribution in [0.25, 0.3) is 0 Å². The van der Waals surface area contributed by atoms with Crippen molar-refractivity contribution in [2.45, 2.75) is 45.3 Å². The maximum absolute atomic E-state index is 13.2. The first-order chi connectivity index (χ1) is 11.4. The number of aromatic nitrogens is 2. The molecule has 0 radical (unpaired) electrons. The minimum absolute atomic E-state index is 0.0414. The Bertz CT molecular complexity index is 778. The summed E-state index contributed by atoms with van der Waals surface area (Å²) in [6.07, 6.45) is -3.05. The highest BCUT2D eigenvalue weighted by atomic mass is 32.2. The van der Waals surface area contributed by atoms with Crippen LogP contribution in [0.3, 0.4) is 0 Å². The number of amides is 1. The quantitative estimate of drug-likeness (QED) is 0.856. The molecule has 1 heterocycles. The normalized spacial score (nSPS) is 19.2. The Labute approximate surface area is 144 Å². The second kappa shape index (κ2) is 6.89. The Balaban J connectivity index is 2.19. The Morgan fingerprint density at radius 2 is 2.00 bits per heavy atom. The number of carbonyl (C=O) groups is 1. The van der Waals surface area contributed by atoms with Crippen molar-refractivity contribution in [2.24, 2.45) is 5.92 Å². The first-order valence-electron chi connectivity index (χ1n) is 7.78. The molecule has 2 atom stereocenters. The van der Waals surface area contributed by atoms with Crippen LogP contribution in [0.4, 0.5) is 13.2 Å². The lowest BCUT2D eigenvalue weighted by atomic mass is 9.84. The van der Waals surface area contributed by atoms with Gasteiger partial charge in [0.05, 0.1) is 5.75 Å². The van der Waals surface area contributed by atoms with Crippen molar-refractivity contribution in [1.82, 2.24) is 15.3 Å². The topological polar surface area (TPSA) is 89.0 Å². The lowest BCUT2D eigenvalue weighted by Crippen LogP contribution is -2.42. The third-order valence-corrected chi connectivity index (χ3v) is 5.07. The van der Waals surface area contributed by atoms with Gasteiger partial charge in [-0.2, -0.15) is 13.2 Å². The van der Waals surface area contributed by atoms with Gasteiger partial charge < -0.3 is 5.32 Å². The van der Waals surface area contributed by atoms with E-state index < -0.39 is 39.6 Å². The highest BCUT2D eigenvalue weighted by Gasteiger charge is 2.40. The zero-order chi connectivity index (χ0) is 19.0. The van der Waals surface area contributed by atoms with Gasteiger partial charge in [-0.25, -0.2) is 18.4 Å². The number of sulfone groups is 1. The van der Waals surface area contributed by atoms with Gasteiger partial charge in [0.25, 0.3) is 0 Å². The predicted molar refractivity (Wildman–Crippen MR) is 84.6 cm³/mol. The average Bonchev–Trinajstić information content (AvgIpc) is 2.42. The second-order valence-corrected chi connectivity index (χ2v) is 8.67. The fourth-order valence-corrected chi connectivity index (χ4v) is 4.04. The molecule has 25 heavy (non-hydrogen) atoms. The molecule has 0 unspecified atom stereocenters. The van der Waals surface area contributed by atoms with Crippen LogP contribution in [0.5, 0.6) is 0 Å². The van der Waals surface area contributed by atoms with Crippen LogP contribution in [0.1, 0.15) is 36.1 Å². The molecule has 2 rings (SSSR count). The number of aryl methyl sites for hydroxylation is 2. The summed E-state index contributed by atoms with van der Waals surface area (Å²) in [5, 5.41) is 2.57. The molecule has 0 aliphatic heterocycles. The second-order valence-electron chi connectivity index (χ2n) is 6.48. The number of hydrogen-bond donors (Lipinski definition) is 1. The molecule has 1 aromatic rings. The molecule has 1 aliphatic carbocycles. The molecule has 0 fully saturated rings. The van der Waals surface area contributed by atoms with Gasteiger partial charge in [0.1, 0.15) is 15.7 Å². The van der Waals surface area contributed by atoms with Crippen molar-refractivity contribution in [1.29, 1.82) is 0 Å². The minimum atomic E-state index is -4.61. The van der Waals surface area contributed by atoms with Crippen LogP contribution in [0.15, 0.2) is 0 Å². The van der Waals surface area contributed by atoms with Gasteiger partial charge in [0.2, 0.25) is 5.91 Å². The fraction of sp³-hybridized carbons (Fsp3) is 0.667. The van der Waals surface area contributed by atoms with E-state index in [-0.39, 0.29) is 30.0 Å². The van der Waals surface area contributed by atoms with Crippen LogP contribution >= 0.6 is 0 Å². The van der Waals surface area contributed by atoms with Crippen molar-refractivity contribution in [3.05, 3.63) is 22.8 Å². The maximum atomic E-state index is 13.2. The van der Waals surface area contributed by atoms with E-state index >= 15 is 0 Å². The highest BCUT2D eigenvalue weighted by Crippen LogP contribution is 2.36. The van der Waals surface area contributed by atoms with E-state index in [0.29, 0.717) is 12.1 Å². The molecule has 1 aromatic heterocycles. The van der Waals surface area contributed by atoms with Gasteiger partial charge >= 0.3 is 6.18 Å². The SMILES string of the molecule is Cc1nc2c(c(C(F)(F)F)n1)C[C@H](C(=O)N[C@H](C)CS(C)(=O)=O)CC2. The third-order valence-electron chi connectivity index (χ3n) is 3.97. The van der Waals surface area contributed by atoms with Gasteiger partial charge in [-0.1, -0.05) is 0 Å². The molecular formula is C15H20F3N3O3S. The van der Waals surface area contributed by atoms with E-state index in [4.69, 9.17) is 0 Å². The molecule has 0 spiro atoms. The van der Waals surface area contributed by atoms with E-state index in [1.54, 1.807) is 6.92 Å². The van der Waals surface area contributed by atoms with Crippen molar-refractivity contribution < 1.29 is 26.4 Å². The van der Waals surface area contributed by atoms with Crippen LogP contribution in [0.2, 0.25) is 0 Å². The molecule has 10 heteroatoms. The molecule has 6 nitrogen and oxygen atoms in total. The molecule has 1 amide bonds. The highest BCUT2D eigenvalue weighted by molar-refractivity contribution is 7.90. The van der Waals surface area contributed by atoms with Crippen LogP contribution in [0, 0.1) is 12.8 Å². The average molecular weight is 379 g/mol. The van der Waals surface area contributed by atoms with E-state index in [1.807, 2.05) is 0 Å². The van der Waals surface area contributed by atoms with Crippen molar-refractivity contribution >= 4 is 15.7 Å². The lowest BCUT2D eigenvalue weighted by molar-refractivity contribution is -0.142. The summed E-state index contributed by atoms with van der Waals surface area (Å²) in [4.78, 5) is 19.9. The number of nitrogens with zero attached hydrogens (tertiary/aromatic N) is 2. The lowest BCUT2D eigenvalue weighted by Gasteiger charge is -2.26. The number of fused-ring (bicyclic) bond motifs is 1. The van der Waals surface area contributed by atoms with E-state index in [0.717, 1.165) is 6.26 Å². The van der Waals surface area contributed by atoms with Crippen LogP contribution in [-0.2, 0) is 33.6 Å². The molecular weight excluding hydrogens is 359 g/mol. The maximum Gasteiger partial charge on any atom is 0.433 e. The minimum Gasteiger partial charge on any atom is -0.352 e. The summed E-state index contributed by atoms with van der Waals surface area (Å²) in [5.41, 5.74) is -0.704. The predicted octanol–water partition coefficient (Wildman–Crippen LogP) is 1.46. The molecule has 1 N–H and O–H groups in total.